The molecule has 0 aliphatic heterocycles. The van der Waals surface area contributed by atoms with Crippen molar-refractivity contribution >= 4 is 34.6 Å². The Morgan fingerprint density at radius 2 is 1.83 bits per heavy atom. The second-order valence-electron chi connectivity index (χ2n) is 5.86. The van der Waals surface area contributed by atoms with Crippen molar-refractivity contribution in [2.24, 2.45) is 0 Å². The number of phenols is 1. The first-order valence-electron chi connectivity index (χ1n) is 7.85. The number of phenolic OH excluding ortho intramolecular Hbond substituents is 1. The average Bonchev–Trinajstić information content (AvgIpc) is 2.54. The van der Waals surface area contributed by atoms with E-state index in [9.17, 15) is 5.11 Å². The minimum absolute atomic E-state index is 0.245. The van der Waals surface area contributed by atoms with Crippen LogP contribution in [0.1, 0.15) is 5.56 Å². The first-order valence-corrected chi connectivity index (χ1v) is 8.63. The van der Waals surface area contributed by atoms with Crippen LogP contribution in [0.25, 0.3) is 0 Å². The van der Waals surface area contributed by atoms with Gasteiger partial charge in [0.1, 0.15) is 5.75 Å². The largest absolute Gasteiger partial charge is 0.508 e. The Kier molecular flexibility index (Phi) is 6.85. The minimum atomic E-state index is 0.245. The molecule has 3 N–H and O–H groups in total. The lowest BCUT2D eigenvalue weighted by atomic mass is 10.2. The number of aromatic hydroxyl groups is 1. The van der Waals surface area contributed by atoms with E-state index in [-0.39, 0.29) is 5.75 Å². The number of rotatable bonds is 6. The van der Waals surface area contributed by atoms with Crippen LogP contribution in [0.3, 0.4) is 0 Å². The van der Waals surface area contributed by atoms with Crippen molar-refractivity contribution in [1.29, 1.82) is 0 Å². The van der Waals surface area contributed by atoms with Crippen molar-refractivity contribution in [3.63, 3.8) is 0 Å². The molecule has 0 aliphatic carbocycles. The van der Waals surface area contributed by atoms with Crippen LogP contribution in [0.5, 0.6) is 5.75 Å². The Morgan fingerprint density at radius 1 is 1.17 bits per heavy atom. The Labute approximate surface area is 153 Å². The van der Waals surface area contributed by atoms with E-state index in [1.54, 1.807) is 12.1 Å². The zero-order valence-corrected chi connectivity index (χ0v) is 15.5. The molecular formula is C18H23ClN3OS+. The van der Waals surface area contributed by atoms with E-state index in [4.69, 9.17) is 23.8 Å². The Hall–Kier alpha value is -1.82. The van der Waals surface area contributed by atoms with Gasteiger partial charge < -0.3 is 20.2 Å². The lowest BCUT2D eigenvalue weighted by Crippen LogP contribution is -3.06. The molecule has 24 heavy (non-hydrogen) atoms. The van der Waals surface area contributed by atoms with Crippen molar-refractivity contribution in [2.75, 3.05) is 32.1 Å². The maximum absolute atomic E-state index is 10.1. The van der Waals surface area contributed by atoms with Gasteiger partial charge in [-0.1, -0.05) is 41.9 Å². The summed E-state index contributed by atoms with van der Waals surface area (Å²) in [6.45, 7) is 2.16. The fourth-order valence-electron chi connectivity index (χ4n) is 2.27. The lowest BCUT2D eigenvalue weighted by Gasteiger charge is -2.27. The highest BCUT2D eigenvalue weighted by Gasteiger charge is 2.17. The van der Waals surface area contributed by atoms with Crippen LogP contribution in [0.2, 0.25) is 5.02 Å². The minimum Gasteiger partial charge on any atom is -0.508 e. The van der Waals surface area contributed by atoms with Gasteiger partial charge >= 0.3 is 0 Å². The zero-order chi connectivity index (χ0) is 17.5. The van der Waals surface area contributed by atoms with Crippen molar-refractivity contribution < 1.29 is 10.0 Å². The maximum Gasteiger partial charge on any atom is 0.174 e. The number of halogens is 1. The van der Waals surface area contributed by atoms with Gasteiger partial charge in [0.05, 0.1) is 44.4 Å². The number of para-hydroxylation sites is 2. The second kappa shape index (κ2) is 8.87. The molecule has 0 saturated heterocycles. The van der Waals surface area contributed by atoms with Gasteiger partial charge in [0, 0.05) is 5.56 Å². The third-order valence-electron chi connectivity index (χ3n) is 3.61. The highest BCUT2D eigenvalue weighted by atomic mass is 35.5. The molecule has 2 aromatic rings. The van der Waals surface area contributed by atoms with Gasteiger partial charge in [-0.15, -0.1) is 0 Å². The van der Waals surface area contributed by atoms with Gasteiger partial charge in [0.15, 0.2) is 5.11 Å². The predicted octanol–water partition coefficient (Wildman–Crippen LogP) is 2.07. The number of nitrogens with zero attached hydrogens (tertiary/aromatic N) is 1. The molecule has 0 unspecified atom stereocenters. The second-order valence-corrected chi connectivity index (χ2v) is 6.65. The number of hydrogen-bond acceptors (Lipinski definition) is 2. The number of benzene rings is 2. The van der Waals surface area contributed by atoms with Gasteiger partial charge in [0.2, 0.25) is 0 Å². The Bertz CT molecular complexity index is 693. The van der Waals surface area contributed by atoms with E-state index >= 15 is 0 Å². The van der Waals surface area contributed by atoms with Crippen LogP contribution in [0.4, 0.5) is 5.69 Å². The first kappa shape index (κ1) is 18.5. The molecule has 2 aromatic carbocycles. The van der Waals surface area contributed by atoms with E-state index in [0.717, 1.165) is 24.3 Å². The van der Waals surface area contributed by atoms with Crippen molar-refractivity contribution in [1.82, 2.24) is 5.32 Å². The summed E-state index contributed by atoms with van der Waals surface area (Å²) in [5.41, 5.74) is 1.61. The monoisotopic (exact) mass is 364 g/mol. The van der Waals surface area contributed by atoms with Crippen LogP contribution in [-0.4, -0.2) is 37.4 Å². The van der Waals surface area contributed by atoms with Gasteiger partial charge in [-0.3, -0.25) is 0 Å². The van der Waals surface area contributed by atoms with E-state index < -0.39 is 0 Å². The highest BCUT2D eigenvalue weighted by Crippen LogP contribution is 2.28. The van der Waals surface area contributed by atoms with Gasteiger partial charge in [-0.25, -0.2) is 0 Å². The van der Waals surface area contributed by atoms with E-state index in [0.29, 0.717) is 16.7 Å². The van der Waals surface area contributed by atoms with Gasteiger partial charge in [0.25, 0.3) is 0 Å². The summed E-state index contributed by atoms with van der Waals surface area (Å²) in [6, 6.07) is 14.8. The third kappa shape index (κ3) is 5.09. The normalized spacial score (nSPS) is 10.7. The molecular weight excluding hydrogens is 342 g/mol. The van der Waals surface area contributed by atoms with Crippen molar-refractivity contribution in [3.05, 3.63) is 59.1 Å². The average molecular weight is 365 g/mol. The van der Waals surface area contributed by atoms with Gasteiger partial charge in [-0.05, 0) is 30.4 Å². The number of thiocarbonyl (C=S) groups is 1. The number of hydrogen-bond donors (Lipinski definition) is 3. The molecule has 0 spiro atoms. The van der Waals surface area contributed by atoms with Crippen LogP contribution < -0.4 is 15.1 Å². The fourth-order valence-corrected chi connectivity index (χ4v) is 2.77. The SMILES string of the molecule is C[NH+](C)CCNC(=S)N(Cc1ccccc1O)c1ccccc1Cl. The van der Waals surface area contributed by atoms with Crippen LogP contribution in [0.15, 0.2) is 48.5 Å². The summed E-state index contributed by atoms with van der Waals surface area (Å²) in [7, 11) is 4.19. The number of likely N-dealkylation sites (N-methyl/N-ethyl adjacent to an activating group) is 1. The molecule has 0 saturated carbocycles. The van der Waals surface area contributed by atoms with Crippen LogP contribution >= 0.6 is 23.8 Å². The summed E-state index contributed by atoms with van der Waals surface area (Å²) in [5.74, 6) is 0.245. The molecule has 0 amide bonds. The highest BCUT2D eigenvalue weighted by molar-refractivity contribution is 7.80. The molecule has 0 fully saturated rings. The molecule has 0 bridgehead atoms. The molecule has 2 rings (SSSR count). The van der Waals surface area contributed by atoms with E-state index in [1.807, 2.05) is 41.3 Å². The molecule has 0 radical (unpaired) electrons. The predicted molar refractivity (Wildman–Crippen MR) is 104 cm³/mol. The smallest absolute Gasteiger partial charge is 0.174 e. The summed E-state index contributed by atoms with van der Waals surface area (Å²) in [5, 5.41) is 14.6. The number of nitrogens with one attached hydrogen (secondary N) is 2. The molecule has 0 atom stereocenters. The fraction of sp³-hybridized carbons (Fsp3) is 0.278. The summed E-state index contributed by atoms with van der Waals surface area (Å²) in [6.07, 6.45) is 0. The molecule has 4 nitrogen and oxygen atoms in total. The standard InChI is InChI=1S/C18H22ClN3OS/c1-21(2)12-11-20-18(24)22(16-9-5-4-8-15(16)19)13-14-7-3-6-10-17(14)23/h3-10,23H,11-13H2,1-2H3,(H,20,24)/p+1. The third-order valence-corrected chi connectivity index (χ3v) is 4.29. The first-order chi connectivity index (χ1) is 11.5. The summed E-state index contributed by atoms with van der Waals surface area (Å²) < 4.78 is 0. The lowest BCUT2D eigenvalue weighted by molar-refractivity contribution is -0.856. The molecule has 0 aliphatic rings. The molecule has 128 valence electrons. The zero-order valence-electron chi connectivity index (χ0n) is 13.9. The van der Waals surface area contributed by atoms with E-state index in [1.165, 1.54) is 4.90 Å². The maximum atomic E-state index is 10.1. The summed E-state index contributed by atoms with van der Waals surface area (Å²) >= 11 is 11.9. The van der Waals surface area contributed by atoms with Gasteiger partial charge in [-0.2, -0.15) is 0 Å². The van der Waals surface area contributed by atoms with E-state index in [2.05, 4.69) is 19.4 Å². The van der Waals surface area contributed by atoms with Crippen LogP contribution in [0, 0.1) is 0 Å². The molecule has 0 aromatic heterocycles. The number of quaternary nitrogens is 1. The van der Waals surface area contributed by atoms with Crippen molar-refractivity contribution in [2.45, 2.75) is 6.54 Å². The van der Waals surface area contributed by atoms with Crippen molar-refractivity contribution in [3.8, 4) is 5.75 Å². The summed E-state index contributed by atoms with van der Waals surface area (Å²) in [4.78, 5) is 3.26. The molecule has 0 heterocycles. The molecule has 6 heteroatoms. The number of anilines is 1. The topological polar surface area (TPSA) is 39.9 Å². The quantitative estimate of drug-likeness (QED) is 0.686. The Morgan fingerprint density at radius 3 is 2.50 bits per heavy atom. The Balaban J connectivity index is 2.23. The van der Waals surface area contributed by atoms with Crippen LogP contribution in [-0.2, 0) is 6.54 Å².